The fourth-order valence-corrected chi connectivity index (χ4v) is 8.09. The predicted octanol–water partition coefficient (Wildman–Crippen LogP) is 13.2. The van der Waals surface area contributed by atoms with Crippen molar-refractivity contribution in [3.8, 4) is 62.1 Å². The molecule has 0 saturated carbocycles. The Morgan fingerprint density at radius 1 is 0.339 bits per heavy atom. The average Bonchev–Trinajstić information content (AvgIpc) is 3.83. The molecule has 5 heteroatoms. The molecule has 11 aromatic rings. The van der Waals surface area contributed by atoms with Crippen molar-refractivity contribution in [1.29, 1.82) is 0 Å². The van der Waals surface area contributed by atoms with E-state index in [0.29, 0.717) is 17.6 Å². The van der Waals surface area contributed by atoms with Gasteiger partial charge in [-0.25, -0.2) is 4.98 Å². The third-order valence-corrected chi connectivity index (χ3v) is 10.7. The van der Waals surface area contributed by atoms with E-state index in [1.54, 1.807) is 0 Å². The number of rotatable bonds is 6. The van der Waals surface area contributed by atoms with Crippen molar-refractivity contribution in [2.75, 3.05) is 0 Å². The first-order valence-electron chi connectivity index (χ1n) is 18.8. The van der Waals surface area contributed by atoms with Crippen molar-refractivity contribution < 1.29 is 4.42 Å². The van der Waals surface area contributed by atoms with Crippen molar-refractivity contribution in [3.63, 3.8) is 0 Å². The van der Waals surface area contributed by atoms with E-state index in [9.17, 15) is 0 Å². The zero-order valence-corrected chi connectivity index (χ0v) is 30.2. The van der Waals surface area contributed by atoms with Gasteiger partial charge in [-0.15, -0.1) is 0 Å². The number of hydrogen-bond acceptors (Lipinski definition) is 4. The molecule has 0 bridgehead atoms. The summed E-state index contributed by atoms with van der Waals surface area (Å²) in [6, 6.07) is 67.3. The van der Waals surface area contributed by atoms with Crippen LogP contribution in [0.4, 0.5) is 0 Å². The lowest BCUT2D eigenvalue weighted by Gasteiger charge is -2.12. The summed E-state index contributed by atoms with van der Waals surface area (Å²) < 4.78 is 8.64. The third-order valence-electron chi connectivity index (χ3n) is 10.7. The number of para-hydroxylation sites is 2. The van der Waals surface area contributed by atoms with Crippen LogP contribution >= 0.6 is 0 Å². The number of benzene rings is 8. The van der Waals surface area contributed by atoms with Crippen molar-refractivity contribution in [2.24, 2.45) is 0 Å². The molecule has 56 heavy (non-hydrogen) atoms. The minimum Gasteiger partial charge on any atom is -0.456 e. The van der Waals surface area contributed by atoms with E-state index in [1.807, 2.05) is 12.1 Å². The highest BCUT2D eigenvalue weighted by Gasteiger charge is 2.20. The monoisotopic (exact) mass is 716 g/mol. The third kappa shape index (κ3) is 5.29. The smallest absolute Gasteiger partial charge is 0.238 e. The fraction of sp³-hybridized carbons (Fsp3) is 0. The predicted molar refractivity (Wildman–Crippen MR) is 229 cm³/mol. The van der Waals surface area contributed by atoms with Crippen molar-refractivity contribution in [1.82, 2.24) is 19.5 Å². The number of aromatic nitrogens is 4. The summed E-state index contributed by atoms with van der Waals surface area (Å²) in [5.41, 5.74) is 12.3. The lowest BCUT2D eigenvalue weighted by Crippen LogP contribution is -2.06. The highest BCUT2D eigenvalue weighted by molar-refractivity contribution is 6.18. The molecule has 0 fully saturated rings. The van der Waals surface area contributed by atoms with Crippen LogP contribution in [0.5, 0.6) is 0 Å². The minimum atomic E-state index is 0.565. The molecule has 0 aliphatic heterocycles. The summed E-state index contributed by atoms with van der Waals surface area (Å²) in [4.78, 5) is 15.6. The molecule has 0 spiro atoms. The van der Waals surface area contributed by atoms with Gasteiger partial charge in [0.2, 0.25) is 5.95 Å². The summed E-state index contributed by atoms with van der Waals surface area (Å²) in [5.74, 6) is 1.76. The average molecular weight is 717 g/mol. The maximum Gasteiger partial charge on any atom is 0.238 e. The maximum atomic E-state index is 6.48. The van der Waals surface area contributed by atoms with Crippen LogP contribution in [0.3, 0.4) is 0 Å². The lowest BCUT2D eigenvalue weighted by molar-refractivity contribution is 0.669. The van der Waals surface area contributed by atoms with Crippen molar-refractivity contribution in [3.05, 3.63) is 194 Å². The first-order chi connectivity index (χ1) is 27.8. The Balaban J connectivity index is 1.11. The number of nitrogens with zero attached hydrogens (tertiary/aromatic N) is 4. The Hall–Kier alpha value is -7.63. The zero-order valence-electron chi connectivity index (χ0n) is 30.2. The molecule has 262 valence electrons. The van der Waals surface area contributed by atoms with E-state index in [2.05, 4.69) is 187 Å². The summed E-state index contributed by atoms with van der Waals surface area (Å²) in [6.45, 7) is 0. The molecule has 8 aromatic carbocycles. The molecule has 5 nitrogen and oxygen atoms in total. The first-order valence-corrected chi connectivity index (χ1v) is 18.8. The van der Waals surface area contributed by atoms with Gasteiger partial charge in [0, 0.05) is 32.7 Å². The molecule has 0 unspecified atom stereocenters. The zero-order chi connectivity index (χ0) is 37.0. The molecule has 0 aliphatic rings. The highest BCUT2D eigenvalue weighted by atomic mass is 16.3. The number of hydrogen-bond donors (Lipinski definition) is 0. The van der Waals surface area contributed by atoms with Gasteiger partial charge in [0.15, 0.2) is 11.6 Å². The number of furan rings is 1. The Kier molecular flexibility index (Phi) is 7.42. The van der Waals surface area contributed by atoms with Crippen LogP contribution in [0.15, 0.2) is 199 Å². The van der Waals surface area contributed by atoms with Crippen LogP contribution < -0.4 is 0 Å². The van der Waals surface area contributed by atoms with Gasteiger partial charge in [0.1, 0.15) is 11.2 Å². The van der Waals surface area contributed by atoms with Gasteiger partial charge in [-0.2, -0.15) is 9.97 Å². The molecule has 0 saturated heterocycles. The van der Waals surface area contributed by atoms with Crippen LogP contribution in [-0.2, 0) is 0 Å². The second kappa shape index (κ2) is 13.0. The lowest BCUT2D eigenvalue weighted by atomic mass is 9.94. The van der Waals surface area contributed by atoms with Gasteiger partial charge in [0.25, 0.3) is 0 Å². The minimum absolute atomic E-state index is 0.565. The van der Waals surface area contributed by atoms with E-state index < -0.39 is 0 Å². The topological polar surface area (TPSA) is 56.7 Å². The summed E-state index contributed by atoms with van der Waals surface area (Å²) in [5, 5.41) is 4.48. The Bertz CT molecular complexity index is 3180. The standard InChI is InChI=1S/C51H32N4O/c1-3-14-33(15-4-1)34-28-30-36(31-29-34)49-52-50(54-51(53-49)55-43-24-9-7-20-41(43)42-21-8-10-25-44(42)55)38-19-11-18-37(32-38)40-23-13-27-46-48(40)47-39(22-12-26-45(47)56-46)35-16-5-2-6-17-35/h1-32H. The Morgan fingerprint density at radius 3 is 1.45 bits per heavy atom. The van der Waals surface area contributed by atoms with E-state index in [0.717, 1.165) is 88.3 Å². The highest BCUT2D eigenvalue weighted by Crippen LogP contribution is 2.42. The quantitative estimate of drug-likeness (QED) is 0.172. The molecule has 0 N–H and O–H groups in total. The normalized spacial score (nSPS) is 11.6. The Morgan fingerprint density at radius 2 is 0.804 bits per heavy atom. The summed E-state index contributed by atoms with van der Waals surface area (Å²) >= 11 is 0. The molecular weight excluding hydrogens is 685 g/mol. The summed E-state index contributed by atoms with van der Waals surface area (Å²) in [6.07, 6.45) is 0. The molecule has 3 heterocycles. The van der Waals surface area contributed by atoms with E-state index in [-0.39, 0.29) is 0 Å². The van der Waals surface area contributed by atoms with E-state index in [4.69, 9.17) is 19.4 Å². The first kappa shape index (κ1) is 31.9. The van der Waals surface area contributed by atoms with Crippen LogP contribution in [0.25, 0.3) is 106 Å². The molecule has 3 aromatic heterocycles. The van der Waals surface area contributed by atoms with Gasteiger partial charge >= 0.3 is 0 Å². The second-order valence-corrected chi connectivity index (χ2v) is 14.0. The molecule has 0 amide bonds. The van der Waals surface area contributed by atoms with E-state index >= 15 is 0 Å². The van der Waals surface area contributed by atoms with Crippen LogP contribution in [0, 0.1) is 0 Å². The molecule has 11 rings (SSSR count). The van der Waals surface area contributed by atoms with Gasteiger partial charge in [-0.1, -0.05) is 164 Å². The van der Waals surface area contributed by atoms with Gasteiger partial charge in [0.05, 0.1) is 11.0 Å². The second-order valence-electron chi connectivity index (χ2n) is 14.0. The Labute approximate surface area is 322 Å². The SMILES string of the molecule is c1ccc(-c2ccc(-c3nc(-c4cccc(-c5cccc6oc7cccc(-c8ccccc8)c7c56)c4)nc(-n4c5ccccc5c5ccccc54)n3)cc2)cc1. The largest absolute Gasteiger partial charge is 0.456 e. The molecular formula is C51H32N4O. The maximum absolute atomic E-state index is 6.48. The van der Waals surface area contributed by atoms with Crippen molar-refractivity contribution >= 4 is 43.7 Å². The fourth-order valence-electron chi connectivity index (χ4n) is 8.09. The molecule has 0 aliphatic carbocycles. The van der Waals surface area contributed by atoms with Crippen LogP contribution in [-0.4, -0.2) is 19.5 Å². The van der Waals surface area contributed by atoms with Gasteiger partial charge in [-0.05, 0) is 63.7 Å². The van der Waals surface area contributed by atoms with Crippen molar-refractivity contribution in [2.45, 2.75) is 0 Å². The van der Waals surface area contributed by atoms with Gasteiger partial charge in [-0.3, -0.25) is 4.57 Å². The van der Waals surface area contributed by atoms with Crippen LogP contribution in [0.1, 0.15) is 0 Å². The molecule has 0 radical (unpaired) electrons. The summed E-state index contributed by atoms with van der Waals surface area (Å²) in [7, 11) is 0. The van der Waals surface area contributed by atoms with Crippen LogP contribution in [0.2, 0.25) is 0 Å². The molecule has 0 atom stereocenters. The number of fused-ring (bicyclic) bond motifs is 6. The van der Waals surface area contributed by atoms with Gasteiger partial charge < -0.3 is 4.42 Å². The van der Waals surface area contributed by atoms with E-state index in [1.165, 1.54) is 0 Å².